The standard InChI is InChI=1S/C24H36O2/c1-5-13-24(26-17(2)25)16-12-21-19-10-9-18-8-6-7-14-22(18,3)20(19)11-15-23(21,24)4/h5-7,18-21H,1,8-16H2,2-4H3/t18-,19+,20-,21-,22-,23-,24+/m0/s1. The van der Waals surface area contributed by atoms with Crippen molar-refractivity contribution in [3.63, 3.8) is 0 Å². The van der Waals surface area contributed by atoms with E-state index < -0.39 is 0 Å². The molecule has 2 heteroatoms. The number of ether oxygens (including phenoxy) is 1. The molecule has 3 fully saturated rings. The fourth-order valence-electron chi connectivity index (χ4n) is 7.98. The zero-order chi connectivity index (χ0) is 18.6. The molecule has 0 aliphatic heterocycles. The highest BCUT2D eigenvalue weighted by atomic mass is 16.6. The van der Waals surface area contributed by atoms with Crippen LogP contribution in [0.3, 0.4) is 0 Å². The summed E-state index contributed by atoms with van der Waals surface area (Å²) < 4.78 is 6.10. The maximum absolute atomic E-state index is 12.0. The zero-order valence-electron chi connectivity index (χ0n) is 16.9. The number of rotatable bonds is 3. The second-order valence-corrected chi connectivity index (χ2v) is 10.1. The average Bonchev–Trinajstić information content (AvgIpc) is 2.87. The van der Waals surface area contributed by atoms with Crippen LogP contribution in [0.5, 0.6) is 0 Å². The Morgan fingerprint density at radius 2 is 1.92 bits per heavy atom. The first kappa shape index (κ1) is 18.3. The van der Waals surface area contributed by atoms with Gasteiger partial charge in [-0.15, -0.1) is 6.58 Å². The van der Waals surface area contributed by atoms with Gasteiger partial charge in [0, 0.05) is 18.8 Å². The van der Waals surface area contributed by atoms with Crippen LogP contribution in [0.4, 0.5) is 0 Å². The van der Waals surface area contributed by atoms with Crippen molar-refractivity contribution in [2.24, 2.45) is 34.5 Å². The molecule has 0 radical (unpaired) electrons. The third-order valence-electron chi connectivity index (χ3n) is 9.31. The molecule has 7 atom stereocenters. The lowest BCUT2D eigenvalue weighted by Crippen LogP contribution is -2.56. The normalized spacial score (nSPS) is 49.7. The van der Waals surface area contributed by atoms with E-state index in [0.717, 1.165) is 30.6 Å². The van der Waals surface area contributed by atoms with E-state index in [0.29, 0.717) is 11.3 Å². The predicted molar refractivity (Wildman–Crippen MR) is 106 cm³/mol. The van der Waals surface area contributed by atoms with Gasteiger partial charge in [-0.05, 0) is 80.5 Å². The lowest BCUT2D eigenvalue weighted by atomic mass is 9.45. The molecule has 0 aromatic carbocycles. The second kappa shape index (κ2) is 6.24. The Hall–Kier alpha value is -1.05. The van der Waals surface area contributed by atoms with E-state index in [9.17, 15) is 4.79 Å². The summed E-state index contributed by atoms with van der Waals surface area (Å²) in [5.74, 6) is 3.11. The van der Waals surface area contributed by atoms with Crippen LogP contribution < -0.4 is 0 Å². The van der Waals surface area contributed by atoms with Gasteiger partial charge in [0.1, 0.15) is 5.60 Å². The first-order valence-corrected chi connectivity index (χ1v) is 10.8. The van der Waals surface area contributed by atoms with Crippen LogP contribution in [0, 0.1) is 34.5 Å². The maximum atomic E-state index is 12.0. The number of hydrogen-bond donors (Lipinski definition) is 0. The van der Waals surface area contributed by atoms with Crippen molar-refractivity contribution in [1.82, 2.24) is 0 Å². The predicted octanol–water partition coefficient (Wildman–Crippen LogP) is 6.07. The van der Waals surface area contributed by atoms with Crippen molar-refractivity contribution in [2.75, 3.05) is 0 Å². The molecule has 144 valence electrons. The topological polar surface area (TPSA) is 26.3 Å². The van der Waals surface area contributed by atoms with Crippen molar-refractivity contribution < 1.29 is 9.53 Å². The van der Waals surface area contributed by atoms with Crippen LogP contribution in [0.25, 0.3) is 0 Å². The number of esters is 1. The highest BCUT2D eigenvalue weighted by Crippen LogP contribution is 2.69. The molecule has 4 aliphatic rings. The minimum atomic E-state index is -0.319. The molecular weight excluding hydrogens is 320 g/mol. The van der Waals surface area contributed by atoms with E-state index in [2.05, 4.69) is 32.6 Å². The van der Waals surface area contributed by atoms with Gasteiger partial charge < -0.3 is 4.74 Å². The minimum Gasteiger partial charge on any atom is -0.458 e. The van der Waals surface area contributed by atoms with E-state index in [-0.39, 0.29) is 17.0 Å². The Labute approximate surface area is 159 Å². The molecule has 0 unspecified atom stereocenters. The summed E-state index contributed by atoms with van der Waals surface area (Å²) in [6.45, 7) is 10.6. The first-order chi connectivity index (χ1) is 12.4. The summed E-state index contributed by atoms with van der Waals surface area (Å²) in [5.41, 5.74) is 0.284. The van der Waals surface area contributed by atoms with Gasteiger partial charge in [-0.1, -0.05) is 32.1 Å². The molecule has 0 saturated heterocycles. The Balaban J connectivity index is 1.66. The summed E-state index contributed by atoms with van der Waals surface area (Å²) in [6, 6.07) is 0. The Kier molecular flexibility index (Phi) is 4.40. The Morgan fingerprint density at radius 1 is 1.15 bits per heavy atom. The first-order valence-electron chi connectivity index (χ1n) is 10.8. The number of carbonyl (C=O) groups is 1. The van der Waals surface area contributed by atoms with Gasteiger partial charge >= 0.3 is 5.97 Å². The van der Waals surface area contributed by atoms with Gasteiger partial charge in [0.05, 0.1) is 0 Å². The van der Waals surface area contributed by atoms with Crippen LogP contribution in [-0.2, 0) is 9.53 Å². The van der Waals surface area contributed by atoms with Crippen LogP contribution in [0.2, 0.25) is 0 Å². The van der Waals surface area contributed by atoms with Crippen molar-refractivity contribution in [1.29, 1.82) is 0 Å². The van der Waals surface area contributed by atoms with E-state index in [1.54, 1.807) is 6.92 Å². The number of fused-ring (bicyclic) bond motifs is 5. The lowest BCUT2D eigenvalue weighted by Gasteiger charge is -2.60. The van der Waals surface area contributed by atoms with Gasteiger partial charge in [-0.2, -0.15) is 0 Å². The zero-order valence-corrected chi connectivity index (χ0v) is 16.9. The van der Waals surface area contributed by atoms with Gasteiger partial charge in [0.15, 0.2) is 0 Å². The Bertz CT molecular complexity index is 622. The molecule has 0 spiro atoms. The van der Waals surface area contributed by atoms with E-state index >= 15 is 0 Å². The van der Waals surface area contributed by atoms with Crippen LogP contribution >= 0.6 is 0 Å². The number of hydrogen-bond acceptors (Lipinski definition) is 2. The average molecular weight is 357 g/mol. The molecule has 3 saturated carbocycles. The van der Waals surface area contributed by atoms with Crippen molar-refractivity contribution in [3.05, 3.63) is 24.8 Å². The largest absolute Gasteiger partial charge is 0.458 e. The van der Waals surface area contributed by atoms with Gasteiger partial charge in [-0.25, -0.2) is 0 Å². The van der Waals surface area contributed by atoms with Gasteiger partial charge in [-0.3, -0.25) is 4.79 Å². The minimum absolute atomic E-state index is 0.113. The van der Waals surface area contributed by atoms with Crippen molar-refractivity contribution in [3.8, 4) is 0 Å². The van der Waals surface area contributed by atoms with Crippen LogP contribution in [0.15, 0.2) is 24.8 Å². The molecule has 0 amide bonds. The van der Waals surface area contributed by atoms with Crippen LogP contribution in [-0.4, -0.2) is 11.6 Å². The summed E-state index contributed by atoms with van der Waals surface area (Å²) in [5, 5.41) is 0. The van der Waals surface area contributed by atoms with Crippen LogP contribution in [0.1, 0.15) is 78.6 Å². The Morgan fingerprint density at radius 3 is 2.65 bits per heavy atom. The molecule has 0 aromatic rings. The molecular formula is C24H36O2. The fraction of sp³-hybridized carbons (Fsp3) is 0.792. The molecule has 4 aliphatic carbocycles. The van der Waals surface area contributed by atoms with E-state index in [1.807, 2.05) is 6.08 Å². The summed E-state index contributed by atoms with van der Waals surface area (Å²) in [4.78, 5) is 12.0. The highest BCUT2D eigenvalue weighted by Gasteiger charge is 2.65. The monoisotopic (exact) mass is 356 g/mol. The summed E-state index contributed by atoms with van der Waals surface area (Å²) >= 11 is 0. The lowest BCUT2D eigenvalue weighted by molar-refractivity contribution is -0.185. The second-order valence-electron chi connectivity index (χ2n) is 10.1. The van der Waals surface area contributed by atoms with Crippen molar-refractivity contribution >= 4 is 5.97 Å². The smallest absolute Gasteiger partial charge is 0.303 e. The molecule has 0 N–H and O–H groups in total. The molecule has 26 heavy (non-hydrogen) atoms. The fourth-order valence-corrected chi connectivity index (χ4v) is 7.98. The SMILES string of the molecule is C=CC[C@@]1(OC(C)=O)CC[C@H]2[C@@H]3CC[C@@H]4CC=CC[C@]4(C)[C@H]3CC[C@@]21C. The molecule has 0 bridgehead atoms. The van der Waals surface area contributed by atoms with Crippen molar-refractivity contribution in [2.45, 2.75) is 84.2 Å². The number of allylic oxidation sites excluding steroid dienone is 2. The van der Waals surface area contributed by atoms with Gasteiger partial charge in [0.25, 0.3) is 0 Å². The summed E-state index contributed by atoms with van der Waals surface area (Å²) in [6.07, 6.45) is 17.7. The molecule has 4 rings (SSSR count). The molecule has 0 heterocycles. The quantitative estimate of drug-likeness (QED) is 0.453. The van der Waals surface area contributed by atoms with E-state index in [4.69, 9.17) is 4.74 Å². The van der Waals surface area contributed by atoms with E-state index in [1.165, 1.54) is 44.9 Å². The summed E-state index contributed by atoms with van der Waals surface area (Å²) in [7, 11) is 0. The highest BCUT2D eigenvalue weighted by molar-refractivity contribution is 5.66. The third-order valence-corrected chi connectivity index (χ3v) is 9.31. The third kappa shape index (κ3) is 2.39. The van der Waals surface area contributed by atoms with Gasteiger partial charge in [0.2, 0.25) is 0 Å². The number of carbonyl (C=O) groups excluding carboxylic acids is 1. The molecule has 2 nitrogen and oxygen atoms in total. The maximum Gasteiger partial charge on any atom is 0.303 e. The molecule has 0 aromatic heterocycles.